The summed E-state index contributed by atoms with van der Waals surface area (Å²) in [5.74, 6) is 2.32. The third-order valence-electron chi connectivity index (χ3n) is 4.42. The van der Waals surface area contributed by atoms with E-state index in [4.69, 9.17) is 0 Å². The molecule has 0 radical (unpaired) electrons. The molecule has 4 aromatic heterocycles. The highest BCUT2D eigenvalue weighted by atomic mass is 15.4. The molecule has 0 unspecified atom stereocenters. The molecule has 0 aromatic carbocycles. The van der Waals surface area contributed by atoms with Crippen LogP contribution in [0.5, 0.6) is 0 Å². The van der Waals surface area contributed by atoms with Crippen molar-refractivity contribution in [1.82, 2.24) is 39.6 Å². The fourth-order valence-electron chi connectivity index (χ4n) is 3.10. The molecule has 1 aliphatic rings. The zero-order valence-corrected chi connectivity index (χ0v) is 13.6. The molecule has 25 heavy (non-hydrogen) atoms. The first-order valence-corrected chi connectivity index (χ1v) is 8.06. The van der Waals surface area contributed by atoms with Gasteiger partial charge in [-0.2, -0.15) is 9.61 Å². The number of anilines is 2. The van der Waals surface area contributed by atoms with Gasteiger partial charge >= 0.3 is 0 Å². The van der Waals surface area contributed by atoms with Gasteiger partial charge < -0.3 is 10.2 Å². The van der Waals surface area contributed by atoms with Crippen LogP contribution in [-0.4, -0.2) is 59.2 Å². The highest BCUT2D eigenvalue weighted by molar-refractivity contribution is 5.85. The standard InChI is InChI=1S/C15H16N10/c1-23-7-11-14(17-8-18-15(11)22-23)16-4-10-5-24(6-10)13-3-2-12-20-19-9-25(12)21-13/h2-3,7-10H,4-6H2,1H3,(H,16,17,18,22). The molecule has 0 saturated carbocycles. The number of rotatable bonds is 4. The largest absolute Gasteiger partial charge is 0.369 e. The summed E-state index contributed by atoms with van der Waals surface area (Å²) >= 11 is 0. The number of aromatic nitrogens is 8. The Morgan fingerprint density at radius 3 is 3.04 bits per heavy atom. The van der Waals surface area contributed by atoms with E-state index in [1.165, 1.54) is 0 Å². The van der Waals surface area contributed by atoms with Crippen molar-refractivity contribution in [2.75, 3.05) is 29.9 Å². The lowest BCUT2D eigenvalue weighted by molar-refractivity contribution is 0.425. The van der Waals surface area contributed by atoms with Crippen LogP contribution in [0.25, 0.3) is 16.7 Å². The van der Waals surface area contributed by atoms with Crippen molar-refractivity contribution in [1.29, 1.82) is 0 Å². The molecule has 1 saturated heterocycles. The van der Waals surface area contributed by atoms with Crippen molar-refractivity contribution < 1.29 is 0 Å². The fraction of sp³-hybridized carbons (Fsp3) is 0.333. The van der Waals surface area contributed by atoms with E-state index < -0.39 is 0 Å². The molecule has 5 rings (SSSR count). The van der Waals surface area contributed by atoms with Crippen molar-refractivity contribution in [2.24, 2.45) is 13.0 Å². The number of nitrogens with one attached hydrogen (secondary N) is 1. The predicted octanol–water partition coefficient (Wildman–Crippen LogP) is 0.349. The molecule has 0 atom stereocenters. The minimum Gasteiger partial charge on any atom is -0.369 e. The number of aryl methyl sites for hydroxylation is 1. The molecular formula is C15H16N10. The lowest BCUT2D eigenvalue weighted by Crippen LogP contribution is -2.50. The lowest BCUT2D eigenvalue weighted by Gasteiger charge is -2.40. The third kappa shape index (κ3) is 2.42. The van der Waals surface area contributed by atoms with Crippen molar-refractivity contribution in [3.8, 4) is 0 Å². The molecule has 1 aliphatic heterocycles. The van der Waals surface area contributed by atoms with Gasteiger partial charge in [0.25, 0.3) is 0 Å². The van der Waals surface area contributed by atoms with Gasteiger partial charge in [0.2, 0.25) is 0 Å². The van der Waals surface area contributed by atoms with Crippen molar-refractivity contribution >= 4 is 28.3 Å². The van der Waals surface area contributed by atoms with Gasteiger partial charge in [0.1, 0.15) is 24.3 Å². The fourth-order valence-corrected chi connectivity index (χ4v) is 3.10. The molecule has 0 bridgehead atoms. The SMILES string of the molecule is Cn1cc2c(NCC3CN(c4ccc5nncn5n4)C3)ncnc2n1. The molecule has 4 aromatic rings. The second kappa shape index (κ2) is 5.36. The second-order valence-electron chi connectivity index (χ2n) is 6.24. The van der Waals surface area contributed by atoms with Crippen LogP contribution in [0.3, 0.4) is 0 Å². The number of hydrogen-bond acceptors (Lipinski definition) is 8. The lowest BCUT2D eigenvalue weighted by atomic mass is 10.0. The first-order valence-electron chi connectivity index (χ1n) is 8.06. The molecule has 10 nitrogen and oxygen atoms in total. The zero-order chi connectivity index (χ0) is 16.8. The quantitative estimate of drug-likeness (QED) is 0.569. The average molecular weight is 336 g/mol. The van der Waals surface area contributed by atoms with E-state index in [1.807, 2.05) is 25.4 Å². The first kappa shape index (κ1) is 14.1. The molecule has 0 aliphatic carbocycles. The van der Waals surface area contributed by atoms with Crippen molar-refractivity contribution in [3.05, 3.63) is 31.0 Å². The first-order chi connectivity index (χ1) is 12.3. The van der Waals surface area contributed by atoms with Gasteiger partial charge in [-0.25, -0.2) is 9.97 Å². The highest BCUT2D eigenvalue weighted by Crippen LogP contribution is 2.24. The normalized spacial score (nSPS) is 15.0. The summed E-state index contributed by atoms with van der Waals surface area (Å²) in [5.41, 5.74) is 1.47. The van der Waals surface area contributed by atoms with Gasteiger partial charge in [-0.05, 0) is 12.1 Å². The van der Waals surface area contributed by atoms with Crippen LogP contribution >= 0.6 is 0 Å². The van der Waals surface area contributed by atoms with Gasteiger partial charge in [-0.1, -0.05) is 0 Å². The summed E-state index contributed by atoms with van der Waals surface area (Å²) in [6, 6.07) is 3.91. The second-order valence-corrected chi connectivity index (χ2v) is 6.24. The van der Waals surface area contributed by atoms with E-state index >= 15 is 0 Å². The van der Waals surface area contributed by atoms with E-state index in [1.54, 1.807) is 21.9 Å². The monoisotopic (exact) mass is 336 g/mol. The Hall–Kier alpha value is -3.30. The third-order valence-corrected chi connectivity index (χ3v) is 4.42. The summed E-state index contributed by atoms with van der Waals surface area (Å²) in [5, 5.41) is 21.0. The molecule has 1 N–H and O–H groups in total. The van der Waals surface area contributed by atoms with Gasteiger partial charge in [-0.3, -0.25) is 4.68 Å². The van der Waals surface area contributed by atoms with Crippen LogP contribution in [0.4, 0.5) is 11.6 Å². The Morgan fingerprint density at radius 1 is 1.20 bits per heavy atom. The maximum absolute atomic E-state index is 4.52. The van der Waals surface area contributed by atoms with Crippen LogP contribution in [0.2, 0.25) is 0 Å². The number of nitrogens with zero attached hydrogens (tertiary/aromatic N) is 9. The minimum atomic E-state index is 0.542. The van der Waals surface area contributed by atoms with E-state index in [9.17, 15) is 0 Å². The topological polar surface area (TPSA) is 102 Å². The molecular weight excluding hydrogens is 320 g/mol. The smallest absolute Gasteiger partial charge is 0.186 e. The van der Waals surface area contributed by atoms with Crippen LogP contribution in [-0.2, 0) is 7.05 Å². The molecule has 0 amide bonds. The van der Waals surface area contributed by atoms with E-state index in [0.29, 0.717) is 11.6 Å². The Morgan fingerprint density at radius 2 is 2.12 bits per heavy atom. The van der Waals surface area contributed by atoms with E-state index in [0.717, 1.165) is 42.3 Å². The predicted molar refractivity (Wildman–Crippen MR) is 91.3 cm³/mol. The molecule has 126 valence electrons. The maximum Gasteiger partial charge on any atom is 0.186 e. The Bertz CT molecular complexity index is 1040. The minimum absolute atomic E-state index is 0.542. The Labute approximate surface area is 142 Å². The molecule has 0 spiro atoms. The molecule has 10 heteroatoms. The maximum atomic E-state index is 4.52. The van der Waals surface area contributed by atoms with Crippen LogP contribution in [0.1, 0.15) is 0 Å². The summed E-state index contributed by atoms with van der Waals surface area (Å²) < 4.78 is 3.45. The number of hydrogen-bond donors (Lipinski definition) is 1. The van der Waals surface area contributed by atoms with Gasteiger partial charge in [0.15, 0.2) is 11.3 Å². The van der Waals surface area contributed by atoms with Crippen LogP contribution in [0, 0.1) is 5.92 Å². The average Bonchev–Trinajstić information content (AvgIpc) is 3.18. The van der Waals surface area contributed by atoms with E-state index in [-0.39, 0.29) is 0 Å². The van der Waals surface area contributed by atoms with Gasteiger partial charge in [0.05, 0.1) is 5.39 Å². The summed E-state index contributed by atoms with van der Waals surface area (Å²) in [7, 11) is 1.88. The van der Waals surface area contributed by atoms with Crippen molar-refractivity contribution in [3.63, 3.8) is 0 Å². The van der Waals surface area contributed by atoms with Crippen LogP contribution in [0.15, 0.2) is 31.0 Å². The Kier molecular flexibility index (Phi) is 3.02. The van der Waals surface area contributed by atoms with Crippen molar-refractivity contribution in [2.45, 2.75) is 0 Å². The van der Waals surface area contributed by atoms with Gasteiger partial charge in [-0.15, -0.1) is 15.3 Å². The van der Waals surface area contributed by atoms with E-state index in [2.05, 4.69) is 40.6 Å². The highest BCUT2D eigenvalue weighted by Gasteiger charge is 2.28. The summed E-state index contributed by atoms with van der Waals surface area (Å²) in [6.07, 6.45) is 5.10. The summed E-state index contributed by atoms with van der Waals surface area (Å²) in [6.45, 7) is 2.76. The molecule has 1 fully saturated rings. The van der Waals surface area contributed by atoms with Gasteiger partial charge in [0, 0.05) is 38.8 Å². The number of fused-ring (bicyclic) bond motifs is 2. The zero-order valence-electron chi connectivity index (χ0n) is 13.6. The molecule has 5 heterocycles. The Balaban J connectivity index is 1.23. The van der Waals surface area contributed by atoms with Crippen LogP contribution < -0.4 is 10.2 Å². The summed E-state index contributed by atoms with van der Waals surface area (Å²) in [4.78, 5) is 10.8.